The lowest BCUT2D eigenvalue weighted by Gasteiger charge is -2.47. The van der Waals surface area contributed by atoms with Crippen molar-refractivity contribution in [3.63, 3.8) is 0 Å². The Bertz CT molecular complexity index is 1790. The predicted molar refractivity (Wildman–Crippen MR) is 340 cm³/mol. The van der Waals surface area contributed by atoms with Crippen LogP contribution in [0.1, 0.15) is 285 Å². The fourth-order valence-corrected chi connectivity index (χ4v) is 12.5. The van der Waals surface area contributed by atoms with Crippen LogP contribution in [0.4, 0.5) is 0 Å². The second-order valence-electron chi connectivity index (χ2n) is 24.4. The van der Waals surface area contributed by atoms with Gasteiger partial charge in [0.15, 0.2) is 12.6 Å². The average Bonchev–Trinajstić information content (AvgIpc) is 1.31. The van der Waals surface area contributed by atoms with Crippen LogP contribution >= 0.6 is 15.6 Å². The normalized spacial score (nSPS) is 23.2. The van der Waals surface area contributed by atoms with Gasteiger partial charge in [0.25, 0.3) is 0 Å². The lowest BCUT2D eigenvalue weighted by Crippen LogP contribution is -2.66. The topological polar surface area (TPSA) is 285 Å². The van der Waals surface area contributed by atoms with E-state index in [1.54, 1.807) is 7.11 Å². The molecule has 2 heterocycles. The van der Waals surface area contributed by atoms with Crippen LogP contribution in [0.15, 0.2) is 12.2 Å². The van der Waals surface area contributed by atoms with Gasteiger partial charge < -0.3 is 68.3 Å². The van der Waals surface area contributed by atoms with Crippen LogP contribution in [0, 0.1) is 0 Å². The average molecular weight is 1290 g/mol. The molecular weight excluding hydrogens is 1160 g/mol. The number of carbonyl (C=O) groups excluding carboxylic acids is 2. The summed E-state index contributed by atoms with van der Waals surface area (Å²) in [6.07, 6.45) is 30.1. The van der Waals surface area contributed by atoms with Crippen molar-refractivity contribution >= 4 is 27.3 Å². The molecule has 2 rings (SSSR count). The Morgan fingerprint density at radius 3 is 1.43 bits per heavy atom. The third-order valence-corrected chi connectivity index (χ3v) is 17.6. The lowest BCUT2D eigenvalue weighted by atomic mass is 9.96. The maximum absolute atomic E-state index is 13.7. The number of unbranched alkanes of at least 4 members (excludes halogenated alkanes) is 31. The van der Waals surface area contributed by atoms with E-state index in [2.05, 4.69) is 45.2 Å². The van der Waals surface area contributed by atoms with Crippen molar-refractivity contribution in [1.29, 1.82) is 0 Å². The number of amides is 1. The minimum Gasteiger partial charge on any atom is -0.394 e. The molecule has 2 aliphatic heterocycles. The number of allylic oxidation sites excluding steroid dienone is 2. The summed E-state index contributed by atoms with van der Waals surface area (Å²) in [6.45, 7) is 7.66. The molecule has 7 N–H and O–H groups in total. The quantitative estimate of drug-likeness (QED) is 0.0129. The number of Topliss-reactive ketones (excluding diaryl/α,β-unsaturated/α-hetero) is 1. The van der Waals surface area contributed by atoms with E-state index in [1.165, 1.54) is 70.6 Å². The summed E-state index contributed by atoms with van der Waals surface area (Å²) in [4.78, 5) is 67.7. The molecule has 0 aliphatic carbocycles. The molecule has 22 heteroatoms. The second-order valence-corrected chi connectivity index (χ2v) is 26.8. The number of aliphatic hydroxyl groups excluding tert-OH is 2. The van der Waals surface area contributed by atoms with Crippen molar-refractivity contribution in [2.45, 2.75) is 352 Å². The largest absolute Gasteiger partial charge is 0.472 e. The van der Waals surface area contributed by atoms with E-state index in [1.807, 2.05) is 0 Å². The maximum atomic E-state index is 13.7. The summed E-state index contributed by atoms with van der Waals surface area (Å²) in [6, 6.07) is -1.50. The minimum atomic E-state index is -5.37. The van der Waals surface area contributed by atoms with Crippen molar-refractivity contribution < 1.29 is 90.7 Å². The third kappa shape index (κ3) is 40.5. The molecule has 0 bridgehead atoms. The van der Waals surface area contributed by atoms with E-state index in [0.717, 1.165) is 148 Å². The first-order chi connectivity index (χ1) is 42.0. The van der Waals surface area contributed by atoms with Gasteiger partial charge in [-0.2, -0.15) is 0 Å². The Morgan fingerprint density at radius 2 is 0.931 bits per heavy atom. The zero-order valence-electron chi connectivity index (χ0n) is 54.7. The fourth-order valence-electron chi connectivity index (χ4n) is 11.5. The van der Waals surface area contributed by atoms with Crippen LogP contribution in [0.5, 0.6) is 0 Å². The zero-order chi connectivity index (χ0) is 63.8. The molecule has 0 aromatic heterocycles. The molecule has 2 aliphatic rings. The van der Waals surface area contributed by atoms with Crippen LogP contribution in [-0.4, -0.2) is 149 Å². The number of phosphoric ester groups is 2. The van der Waals surface area contributed by atoms with Gasteiger partial charge in [-0.25, -0.2) is 9.13 Å². The fraction of sp³-hybridized carbons (Fsp3) is 0.938. The molecule has 514 valence electrons. The number of ketones is 1. The summed E-state index contributed by atoms with van der Waals surface area (Å²) in [5.41, 5.74) is 0. The molecule has 11 atom stereocenters. The molecule has 2 saturated heterocycles. The Balaban J connectivity index is 2.38. The predicted octanol–water partition coefficient (Wildman–Crippen LogP) is 13.9. The highest BCUT2D eigenvalue weighted by molar-refractivity contribution is 7.46. The number of phosphoric acid groups is 2. The minimum absolute atomic E-state index is 0.0426. The van der Waals surface area contributed by atoms with Crippen molar-refractivity contribution in [1.82, 2.24) is 5.32 Å². The molecule has 0 aromatic carbocycles. The first-order valence-corrected chi connectivity index (χ1v) is 37.6. The smallest absolute Gasteiger partial charge is 0.394 e. The number of hydrogen-bond acceptors (Lipinski definition) is 15. The summed E-state index contributed by atoms with van der Waals surface area (Å²) in [5.74, 6) is -1.07. The van der Waals surface area contributed by atoms with E-state index >= 15 is 0 Å². The van der Waals surface area contributed by atoms with Crippen molar-refractivity contribution in [3.8, 4) is 0 Å². The summed E-state index contributed by atoms with van der Waals surface area (Å²) >= 11 is 0. The number of nitrogens with one attached hydrogen (secondary N) is 1. The van der Waals surface area contributed by atoms with Gasteiger partial charge in [-0.05, 0) is 57.8 Å². The van der Waals surface area contributed by atoms with E-state index in [9.17, 15) is 48.5 Å². The molecule has 0 spiro atoms. The molecule has 87 heavy (non-hydrogen) atoms. The molecule has 0 saturated carbocycles. The molecule has 1 amide bonds. The van der Waals surface area contributed by atoms with Gasteiger partial charge in [-0.15, -0.1) is 0 Å². The van der Waals surface area contributed by atoms with Crippen molar-refractivity contribution in [2.24, 2.45) is 0 Å². The Hall–Kier alpha value is -1.26. The van der Waals surface area contributed by atoms with Gasteiger partial charge in [0.05, 0.1) is 25.7 Å². The van der Waals surface area contributed by atoms with Gasteiger partial charge in [-0.3, -0.25) is 18.6 Å². The van der Waals surface area contributed by atoms with Gasteiger partial charge in [0.1, 0.15) is 54.6 Å². The van der Waals surface area contributed by atoms with Crippen LogP contribution in [0.25, 0.3) is 0 Å². The summed E-state index contributed by atoms with van der Waals surface area (Å²) in [5, 5.41) is 25.6. The number of hydrogen-bond donors (Lipinski definition) is 7. The highest BCUT2D eigenvalue weighted by Crippen LogP contribution is 2.44. The molecule has 2 fully saturated rings. The number of aliphatic hydroxyl groups is 2. The van der Waals surface area contributed by atoms with Gasteiger partial charge in [0, 0.05) is 33.4 Å². The van der Waals surface area contributed by atoms with Crippen LogP contribution < -0.4 is 5.32 Å². The Labute approximate surface area is 525 Å². The van der Waals surface area contributed by atoms with Crippen LogP contribution in [0.3, 0.4) is 0 Å². The van der Waals surface area contributed by atoms with Crippen LogP contribution in [-0.2, 0) is 60.9 Å². The van der Waals surface area contributed by atoms with Gasteiger partial charge in [0.2, 0.25) is 5.91 Å². The third-order valence-electron chi connectivity index (χ3n) is 16.6. The Morgan fingerprint density at radius 1 is 0.494 bits per heavy atom. The molecular formula is C65H125NO19P2. The van der Waals surface area contributed by atoms with Gasteiger partial charge >= 0.3 is 15.6 Å². The zero-order valence-corrected chi connectivity index (χ0v) is 56.5. The molecule has 0 radical (unpaired) electrons. The van der Waals surface area contributed by atoms with Gasteiger partial charge in [-0.1, -0.05) is 226 Å². The summed E-state index contributed by atoms with van der Waals surface area (Å²) < 4.78 is 79.7. The summed E-state index contributed by atoms with van der Waals surface area (Å²) in [7, 11) is -8.99. The monoisotopic (exact) mass is 1290 g/mol. The van der Waals surface area contributed by atoms with E-state index in [4.69, 9.17) is 42.2 Å². The number of rotatable bonds is 59. The Kier molecular flexibility index (Phi) is 49.1. The first-order valence-electron chi connectivity index (χ1n) is 34.5. The maximum Gasteiger partial charge on any atom is 0.472 e. The van der Waals surface area contributed by atoms with Crippen molar-refractivity contribution in [3.05, 3.63) is 12.2 Å². The highest BCUT2D eigenvalue weighted by Gasteiger charge is 2.53. The van der Waals surface area contributed by atoms with Crippen LogP contribution in [0.2, 0.25) is 0 Å². The van der Waals surface area contributed by atoms with E-state index in [0.29, 0.717) is 25.7 Å². The number of methoxy groups -OCH3 is 1. The number of carbonyl (C=O) groups is 2. The van der Waals surface area contributed by atoms with E-state index in [-0.39, 0.29) is 38.1 Å². The second kappa shape index (κ2) is 52.2. The van der Waals surface area contributed by atoms with Crippen molar-refractivity contribution in [2.75, 3.05) is 40.1 Å². The lowest BCUT2D eigenvalue weighted by molar-refractivity contribution is -0.327. The molecule has 20 nitrogen and oxygen atoms in total. The SMILES string of the molecule is CCCCCC/C=C\CCCCCCCCCCO[C@H]1[C@H](OC[C@H]2O[C@H](OP(=O)(O)O)[C@H](NC(=O)CC(=O)CCCCCCCCCCC)[C@@H](OCCCCCCCCCC)[C@@H]2O)O[C@H](CO)[C@@H](OP(=O)(O)O)[C@@H]1OCC[C@@H](CCCCCCC)OC. The standard InChI is InChI=1S/C65H125NO19P2/c1-6-10-14-18-21-24-25-26-27-28-29-30-32-35-39-43-48-79-63-62(80-49-46-54(77-5)45-41-36-17-13-9-4)60(84-86(71,72)73)55(51-67)82-65(63)81-52-56-59(70)61(78-47-42-38-34-23-20-16-12-8-3)58(64(83-56)85-87(74,75)76)66-57(69)50-53(68)44-40-37-33-31-22-19-15-11-7-2/h24-25,54-56,58-65,67,70H,6-23,26-52H2,1-5H3,(H,66,69)(H2,71,72,73)(H2,74,75,76)/b25-24-/t54-,55-,56-,58-,59-,60-,61-,62+,63-,64-,65-/m1/s1. The first kappa shape index (κ1) is 81.8. The van der Waals surface area contributed by atoms with E-state index < -0.39 is 103 Å². The molecule has 0 unspecified atom stereocenters. The molecule has 0 aromatic rings. The highest BCUT2D eigenvalue weighted by atomic mass is 31.2. The number of ether oxygens (including phenoxy) is 7.